The molecule has 0 unspecified atom stereocenters. The second kappa shape index (κ2) is 7.59. The lowest BCUT2D eigenvalue weighted by molar-refractivity contribution is -0.113. The molecule has 2 N–H and O–H groups in total. The summed E-state index contributed by atoms with van der Waals surface area (Å²) in [6.07, 6.45) is 1.48. The highest BCUT2D eigenvalue weighted by molar-refractivity contribution is 7.12. The van der Waals surface area contributed by atoms with Crippen LogP contribution < -0.4 is 20.1 Å². The number of hydrogen-bond donors (Lipinski definition) is 2. The van der Waals surface area contributed by atoms with Gasteiger partial charge in [0, 0.05) is 21.5 Å². The van der Waals surface area contributed by atoms with Crippen molar-refractivity contribution in [2.24, 2.45) is 0 Å². The van der Waals surface area contributed by atoms with Crippen LogP contribution in [-0.4, -0.2) is 34.9 Å². The number of rotatable bonds is 5. The zero-order valence-corrected chi connectivity index (χ0v) is 17.3. The molecule has 0 spiro atoms. The number of aryl methyl sites for hydroxylation is 1. The van der Waals surface area contributed by atoms with Crippen LogP contribution in [0.5, 0.6) is 11.5 Å². The Hall–Kier alpha value is -3.33. The van der Waals surface area contributed by atoms with E-state index in [9.17, 15) is 4.79 Å². The fraction of sp³-hybridized carbons (Fsp3) is 0.250. The second-order valence-electron chi connectivity index (χ2n) is 6.56. The number of ether oxygens (including phenoxy) is 2. The van der Waals surface area contributed by atoms with Crippen molar-refractivity contribution < 1.29 is 14.3 Å². The van der Waals surface area contributed by atoms with Crippen LogP contribution in [0.2, 0.25) is 0 Å². The van der Waals surface area contributed by atoms with E-state index in [1.807, 2.05) is 26.0 Å². The molecule has 9 heteroatoms. The summed E-state index contributed by atoms with van der Waals surface area (Å²) in [5.41, 5.74) is 1.86. The predicted molar refractivity (Wildman–Crippen MR) is 112 cm³/mol. The van der Waals surface area contributed by atoms with E-state index in [0.717, 1.165) is 15.5 Å². The molecule has 2 aromatic heterocycles. The molecule has 8 nitrogen and oxygen atoms in total. The highest BCUT2D eigenvalue weighted by Crippen LogP contribution is 2.38. The normalized spacial score (nSPS) is 15.5. The summed E-state index contributed by atoms with van der Waals surface area (Å²) < 4.78 is 12.4. The van der Waals surface area contributed by atoms with Gasteiger partial charge in [0.25, 0.3) is 5.91 Å². The number of amides is 1. The van der Waals surface area contributed by atoms with E-state index in [4.69, 9.17) is 9.47 Å². The molecular formula is C20H21N5O3S. The maximum absolute atomic E-state index is 13.4. The molecule has 1 aromatic carbocycles. The third-order valence-electron chi connectivity index (χ3n) is 4.73. The summed E-state index contributed by atoms with van der Waals surface area (Å²) in [7, 11) is 3.13. The minimum Gasteiger partial charge on any atom is -0.497 e. The van der Waals surface area contributed by atoms with Crippen molar-refractivity contribution in [1.82, 2.24) is 14.8 Å². The largest absolute Gasteiger partial charge is 0.497 e. The van der Waals surface area contributed by atoms with Gasteiger partial charge < -0.3 is 20.1 Å². The Balaban J connectivity index is 1.73. The van der Waals surface area contributed by atoms with Crippen LogP contribution in [0.3, 0.4) is 0 Å². The van der Waals surface area contributed by atoms with E-state index in [-0.39, 0.29) is 11.9 Å². The molecule has 0 fully saturated rings. The van der Waals surface area contributed by atoms with E-state index in [1.54, 1.807) is 48.4 Å². The number of carbonyl (C=O) groups is 1. The Morgan fingerprint density at radius 1 is 1.21 bits per heavy atom. The molecule has 3 heterocycles. The molecule has 1 aliphatic rings. The van der Waals surface area contributed by atoms with Gasteiger partial charge in [-0.1, -0.05) is 0 Å². The van der Waals surface area contributed by atoms with Gasteiger partial charge in [-0.25, -0.2) is 4.68 Å². The third kappa shape index (κ3) is 3.44. The SMILES string of the molecule is COc1ccc(NC(=O)C2=C(C)Nc3ncnn3[C@@H]2c2ccc(C)s2)c(OC)c1. The van der Waals surface area contributed by atoms with Gasteiger partial charge >= 0.3 is 0 Å². The molecule has 4 rings (SSSR count). The monoisotopic (exact) mass is 411 g/mol. The van der Waals surface area contributed by atoms with Crippen LogP contribution >= 0.6 is 11.3 Å². The lowest BCUT2D eigenvalue weighted by Crippen LogP contribution is -2.31. The van der Waals surface area contributed by atoms with Crippen molar-refractivity contribution in [3.63, 3.8) is 0 Å². The summed E-state index contributed by atoms with van der Waals surface area (Å²) in [6, 6.07) is 8.95. The Kier molecular flexibility index (Phi) is 4.98. The van der Waals surface area contributed by atoms with Crippen LogP contribution in [0.4, 0.5) is 11.6 Å². The molecule has 1 aliphatic heterocycles. The number of methoxy groups -OCH3 is 2. The first-order valence-electron chi connectivity index (χ1n) is 8.98. The van der Waals surface area contributed by atoms with Crippen LogP contribution in [0.15, 0.2) is 47.9 Å². The van der Waals surface area contributed by atoms with E-state index >= 15 is 0 Å². The lowest BCUT2D eigenvalue weighted by Gasteiger charge is -2.28. The maximum Gasteiger partial charge on any atom is 0.256 e. The first-order chi connectivity index (χ1) is 14.0. The minimum atomic E-state index is -0.364. The van der Waals surface area contributed by atoms with Gasteiger partial charge in [-0.05, 0) is 38.1 Å². The molecule has 0 radical (unpaired) electrons. The first-order valence-corrected chi connectivity index (χ1v) is 9.80. The summed E-state index contributed by atoms with van der Waals surface area (Å²) in [5.74, 6) is 1.53. The van der Waals surface area contributed by atoms with Gasteiger partial charge in [0.05, 0.1) is 25.5 Å². The lowest BCUT2D eigenvalue weighted by atomic mass is 10.0. The van der Waals surface area contributed by atoms with Crippen molar-refractivity contribution in [3.8, 4) is 11.5 Å². The smallest absolute Gasteiger partial charge is 0.256 e. The van der Waals surface area contributed by atoms with E-state index < -0.39 is 0 Å². The molecule has 0 aliphatic carbocycles. The molecule has 0 bridgehead atoms. The Bertz CT molecular complexity index is 1100. The first kappa shape index (κ1) is 19.0. The van der Waals surface area contributed by atoms with Crippen molar-refractivity contribution >= 4 is 28.9 Å². The minimum absolute atomic E-state index is 0.240. The number of carbonyl (C=O) groups excluding carboxylic acids is 1. The van der Waals surface area contributed by atoms with Crippen molar-refractivity contribution in [1.29, 1.82) is 0 Å². The van der Waals surface area contributed by atoms with Gasteiger partial charge in [0.2, 0.25) is 5.95 Å². The number of nitrogens with zero attached hydrogens (tertiary/aromatic N) is 3. The van der Waals surface area contributed by atoms with Gasteiger partial charge in [-0.2, -0.15) is 10.1 Å². The quantitative estimate of drug-likeness (QED) is 0.667. The number of aromatic nitrogens is 3. The summed E-state index contributed by atoms with van der Waals surface area (Å²) in [6.45, 7) is 3.90. The zero-order chi connectivity index (χ0) is 20.5. The van der Waals surface area contributed by atoms with Crippen LogP contribution in [0, 0.1) is 6.92 Å². The number of fused-ring (bicyclic) bond motifs is 1. The van der Waals surface area contributed by atoms with Gasteiger partial charge in [-0.3, -0.25) is 4.79 Å². The average molecular weight is 411 g/mol. The number of thiophene rings is 1. The van der Waals surface area contributed by atoms with Gasteiger partial charge in [0.1, 0.15) is 23.9 Å². The Morgan fingerprint density at radius 2 is 2.03 bits per heavy atom. The number of hydrogen-bond acceptors (Lipinski definition) is 7. The molecule has 3 aromatic rings. The van der Waals surface area contributed by atoms with Crippen LogP contribution in [0.1, 0.15) is 22.7 Å². The molecule has 29 heavy (non-hydrogen) atoms. The van der Waals surface area contributed by atoms with Crippen molar-refractivity contribution in [2.45, 2.75) is 19.9 Å². The number of nitrogens with one attached hydrogen (secondary N) is 2. The number of anilines is 2. The van der Waals surface area contributed by atoms with E-state index in [1.165, 1.54) is 6.33 Å². The van der Waals surface area contributed by atoms with E-state index in [2.05, 4.69) is 20.7 Å². The van der Waals surface area contributed by atoms with Crippen molar-refractivity contribution in [2.75, 3.05) is 24.9 Å². The fourth-order valence-corrected chi connectivity index (χ4v) is 4.31. The second-order valence-corrected chi connectivity index (χ2v) is 7.88. The maximum atomic E-state index is 13.4. The molecule has 0 saturated carbocycles. The van der Waals surface area contributed by atoms with Gasteiger partial charge in [0.15, 0.2) is 0 Å². The summed E-state index contributed by atoms with van der Waals surface area (Å²) in [5, 5.41) is 10.5. The third-order valence-corrected chi connectivity index (χ3v) is 5.78. The summed E-state index contributed by atoms with van der Waals surface area (Å²) >= 11 is 1.63. The molecule has 0 saturated heterocycles. The molecule has 1 amide bonds. The van der Waals surface area contributed by atoms with Crippen LogP contribution in [-0.2, 0) is 4.79 Å². The Labute approximate surface area is 172 Å². The number of benzene rings is 1. The Morgan fingerprint density at radius 3 is 2.72 bits per heavy atom. The molecule has 150 valence electrons. The predicted octanol–water partition coefficient (Wildman–Crippen LogP) is 3.59. The average Bonchev–Trinajstić information content (AvgIpc) is 3.35. The van der Waals surface area contributed by atoms with E-state index in [0.29, 0.717) is 28.7 Å². The highest BCUT2D eigenvalue weighted by Gasteiger charge is 2.34. The van der Waals surface area contributed by atoms with Gasteiger partial charge in [-0.15, -0.1) is 11.3 Å². The highest BCUT2D eigenvalue weighted by atomic mass is 32.1. The standard InChI is InChI=1S/C20H21N5O3S/c1-11-5-8-16(29-11)18-17(12(2)23-20-21-10-22-25(18)20)19(26)24-14-7-6-13(27-3)9-15(14)28-4/h5-10,18H,1-4H3,(H,24,26)(H,21,22,23)/t18-/m1/s1. The van der Waals surface area contributed by atoms with Crippen LogP contribution in [0.25, 0.3) is 0 Å². The summed E-state index contributed by atoms with van der Waals surface area (Å²) in [4.78, 5) is 19.8. The fourth-order valence-electron chi connectivity index (χ4n) is 3.34. The van der Waals surface area contributed by atoms with Crippen molar-refractivity contribution in [3.05, 3.63) is 57.7 Å². The number of allylic oxidation sites excluding steroid dienone is 1. The topological polar surface area (TPSA) is 90.3 Å². The zero-order valence-electron chi connectivity index (χ0n) is 16.5. The molecule has 1 atom stereocenters. The molecular weight excluding hydrogens is 390 g/mol.